The van der Waals surface area contributed by atoms with Crippen LogP contribution < -0.4 is 4.74 Å². The molecule has 1 saturated heterocycles. The molecule has 1 aliphatic rings. The quantitative estimate of drug-likeness (QED) is 0.448. The lowest BCUT2D eigenvalue weighted by Gasteiger charge is -2.31. The van der Waals surface area contributed by atoms with E-state index in [4.69, 9.17) is 15.0 Å². The number of morpholine rings is 1. The Morgan fingerprint density at radius 1 is 1.24 bits per heavy atom. The summed E-state index contributed by atoms with van der Waals surface area (Å²) in [5, 5.41) is 3.75. The normalized spacial score (nSPS) is 17.7. The predicted octanol–water partition coefficient (Wildman–Crippen LogP) is 4.28. The van der Waals surface area contributed by atoms with Crippen molar-refractivity contribution in [2.45, 2.75) is 19.6 Å². The lowest BCUT2D eigenvalue weighted by Crippen LogP contribution is -2.44. The molecule has 1 fully saturated rings. The standard InChI is InChI=1S/C19H22N4O2/c1-2-23-11-12-24-19(14-23)25-17-9-7-15(8-10-17)13-16-5-3-4-6-18(16)21-22-20/h3-10,19H,2,11-14H2,1H3. The van der Waals surface area contributed by atoms with Gasteiger partial charge in [-0.25, -0.2) is 0 Å². The Labute approximate surface area is 147 Å². The van der Waals surface area contributed by atoms with Crippen LogP contribution in [0.3, 0.4) is 0 Å². The summed E-state index contributed by atoms with van der Waals surface area (Å²) in [6.45, 7) is 5.60. The minimum Gasteiger partial charge on any atom is -0.464 e. The van der Waals surface area contributed by atoms with Crippen molar-refractivity contribution >= 4 is 5.69 Å². The number of azide groups is 1. The van der Waals surface area contributed by atoms with Gasteiger partial charge in [-0.3, -0.25) is 4.90 Å². The van der Waals surface area contributed by atoms with E-state index in [0.29, 0.717) is 18.7 Å². The molecule has 25 heavy (non-hydrogen) atoms. The van der Waals surface area contributed by atoms with E-state index in [-0.39, 0.29) is 6.29 Å². The van der Waals surface area contributed by atoms with Gasteiger partial charge in [-0.1, -0.05) is 48.4 Å². The van der Waals surface area contributed by atoms with Gasteiger partial charge in [0.15, 0.2) is 0 Å². The molecule has 0 N–H and O–H groups in total. The van der Waals surface area contributed by atoms with Gasteiger partial charge in [0.25, 0.3) is 0 Å². The van der Waals surface area contributed by atoms with Gasteiger partial charge in [0.05, 0.1) is 13.2 Å². The maximum atomic E-state index is 8.67. The zero-order valence-electron chi connectivity index (χ0n) is 14.3. The zero-order valence-corrected chi connectivity index (χ0v) is 14.3. The molecule has 0 saturated carbocycles. The Balaban J connectivity index is 1.64. The van der Waals surface area contributed by atoms with Crippen molar-refractivity contribution in [1.29, 1.82) is 0 Å². The number of hydrogen-bond acceptors (Lipinski definition) is 4. The van der Waals surface area contributed by atoms with Crippen LogP contribution in [0, 0.1) is 0 Å². The first-order valence-electron chi connectivity index (χ1n) is 8.51. The molecule has 1 heterocycles. The molecule has 1 aliphatic heterocycles. The second kappa shape index (κ2) is 8.53. The van der Waals surface area contributed by atoms with E-state index in [9.17, 15) is 0 Å². The average molecular weight is 338 g/mol. The van der Waals surface area contributed by atoms with E-state index < -0.39 is 0 Å². The third-order valence-electron chi connectivity index (χ3n) is 4.30. The minimum absolute atomic E-state index is 0.217. The third-order valence-corrected chi connectivity index (χ3v) is 4.30. The van der Waals surface area contributed by atoms with Gasteiger partial charge in [-0.2, -0.15) is 0 Å². The first kappa shape index (κ1) is 17.3. The molecule has 2 aromatic carbocycles. The summed E-state index contributed by atoms with van der Waals surface area (Å²) in [7, 11) is 0. The number of nitrogens with zero attached hydrogens (tertiary/aromatic N) is 4. The maximum absolute atomic E-state index is 8.67. The topological polar surface area (TPSA) is 70.5 Å². The Hall–Kier alpha value is -2.53. The molecule has 2 aromatic rings. The molecule has 0 amide bonds. The highest BCUT2D eigenvalue weighted by Crippen LogP contribution is 2.23. The van der Waals surface area contributed by atoms with Crippen molar-refractivity contribution in [2.75, 3.05) is 26.2 Å². The van der Waals surface area contributed by atoms with Crippen LogP contribution in [0.25, 0.3) is 10.4 Å². The molecule has 0 aromatic heterocycles. The molecule has 6 nitrogen and oxygen atoms in total. The molecular formula is C19H22N4O2. The molecule has 6 heteroatoms. The van der Waals surface area contributed by atoms with Crippen molar-refractivity contribution in [2.24, 2.45) is 5.11 Å². The van der Waals surface area contributed by atoms with Crippen LogP contribution in [-0.2, 0) is 11.2 Å². The SMILES string of the molecule is CCN1CCOC(Oc2ccc(Cc3ccccc3N=[N+]=[N-])cc2)C1. The van der Waals surface area contributed by atoms with Crippen molar-refractivity contribution in [3.05, 3.63) is 70.1 Å². The van der Waals surface area contributed by atoms with Gasteiger partial charge >= 0.3 is 0 Å². The molecule has 1 unspecified atom stereocenters. The number of hydrogen-bond donors (Lipinski definition) is 0. The molecule has 0 radical (unpaired) electrons. The summed E-state index contributed by atoms with van der Waals surface area (Å²) in [6.07, 6.45) is 0.490. The van der Waals surface area contributed by atoms with Crippen molar-refractivity contribution in [3.63, 3.8) is 0 Å². The average Bonchev–Trinajstić information content (AvgIpc) is 2.65. The van der Waals surface area contributed by atoms with Crippen molar-refractivity contribution < 1.29 is 9.47 Å². The molecular weight excluding hydrogens is 316 g/mol. The Morgan fingerprint density at radius 2 is 2.04 bits per heavy atom. The summed E-state index contributed by atoms with van der Waals surface area (Å²) >= 11 is 0. The largest absolute Gasteiger partial charge is 0.464 e. The Kier molecular flexibility index (Phi) is 5.90. The summed E-state index contributed by atoms with van der Waals surface area (Å²) < 4.78 is 11.6. The monoisotopic (exact) mass is 338 g/mol. The van der Waals surface area contributed by atoms with Crippen molar-refractivity contribution in [1.82, 2.24) is 4.90 Å². The summed E-state index contributed by atoms with van der Waals surface area (Å²) in [5.74, 6) is 0.801. The van der Waals surface area contributed by atoms with Crippen LogP contribution in [-0.4, -0.2) is 37.4 Å². The number of benzene rings is 2. The number of likely N-dealkylation sites (N-methyl/N-ethyl adjacent to an activating group) is 1. The lowest BCUT2D eigenvalue weighted by molar-refractivity contribution is -0.129. The van der Waals surface area contributed by atoms with E-state index in [1.54, 1.807) is 0 Å². The molecule has 0 aliphatic carbocycles. The van der Waals surface area contributed by atoms with Gasteiger partial charge in [0.2, 0.25) is 6.29 Å². The number of ether oxygens (including phenoxy) is 2. The van der Waals surface area contributed by atoms with Crippen molar-refractivity contribution in [3.8, 4) is 5.75 Å². The van der Waals surface area contributed by atoms with Crippen LogP contribution in [0.15, 0.2) is 53.6 Å². The van der Waals surface area contributed by atoms with Crippen LogP contribution in [0.5, 0.6) is 5.75 Å². The zero-order chi connectivity index (χ0) is 17.5. The van der Waals surface area contributed by atoms with Gasteiger partial charge < -0.3 is 9.47 Å². The Bertz CT molecular complexity index is 741. The summed E-state index contributed by atoms with van der Waals surface area (Å²) in [6, 6.07) is 15.6. The van der Waals surface area contributed by atoms with Gasteiger partial charge in [-0.05, 0) is 41.8 Å². The Morgan fingerprint density at radius 3 is 2.80 bits per heavy atom. The highest BCUT2D eigenvalue weighted by Gasteiger charge is 2.20. The smallest absolute Gasteiger partial charge is 0.212 e. The van der Waals surface area contributed by atoms with Crippen LogP contribution in [0.1, 0.15) is 18.1 Å². The van der Waals surface area contributed by atoms with Crippen LogP contribution in [0.2, 0.25) is 0 Å². The maximum Gasteiger partial charge on any atom is 0.212 e. The fourth-order valence-corrected chi connectivity index (χ4v) is 2.89. The fourth-order valence-electron chi connectivity index (χ4n) is 2.89. The second-order valence-corrected chi connectivity index (χ2v) is 5.95. The molecule has 0 spiro atoms. The van der Waals surface area contributed by atoms with E-state index in [0.717, 1.165) is 36.5 Å². The van der Waals surface area contributed by atoms with E-state index in [2.05, 4.69) is 21.8 Å². The molecule has 3 rings (SSSR count). The predicted molar refractivity (Wildman–Crippen MR) is 97.0 cm³/mol. The number of rotatable bonds is 6. The van der Waals surface area contributed by atoms with Gasteiger partial charge in [0, 0.05) is 17.1 Å². The van der Waals surface area contributed by atoms with Crippen LogP contribution >= 0.6 is 0 Å². The van der Waals surface area contributed by atoms with Crippen LogP contribution in [0.4, 0.5) is 5.69 Å². The second-order valence-electron chi connectivity index (χ2n) is 5.95. The molecule has 130 valence electrons. The minimum atomic E-state index is -0.217. The lowest BCUT2D eigenvalue weighted by atomic mass is 10.0. The molecule has 1 atom stereocenters. The highest BCUT2D eigenvalue weighted by atomic mass is 16.7. The third kappa shape index (κ3) is 4.73. The highest BCUT2D eigenvalue weighted by molar-refractivity contribution is 5.48. The first-order chi connectivity index (χ1) is 12.3. The van der Waals surface area contributed by atoms with Gasteiger partial charge in [0.1, 0.15) is 5.75 Å². The van der Waals surface area contributed by atoms with E-state index >= 15 is 0 Å². The van der Waals surface area contributed by atoms with Gasteiger partial charge in [-0.15, -0.1) is 0 Å². The summed E-state index contributed by atoms with van der Waals surface area (Å²) in [5.41, 5.74) is 11.5. The van der Waals surface area contributed by atoms with E-state index in [1.807, 2.05) is 48.5 Å². The first-order valence-corrected chi connectivity index (χ1v) is 8.51. The fraction of sp³-hybridized carbons (Fsp3) is 0.368. The van der Waals surface area contributed by atoms with E-state index in [1.165, 1.54) is 0 Å². The summed E-state index contributed by atoms with van der Waals surface area (Å²) in [4.78, 5) is 5.20. The molecule has 0 bridgehead atoms.